The molecule has 0 saturated heterocycles. The molecule has 15 heavy (non-hydrogen) atoms. The van der Waals surface area contributed by atoms with Crippen molar-refractivity contribution in [2.75, 3.05) is 16.4 Å². The molecule has 0 fully saturated rings. The van der Waals surface area contributed by atoms with Crippen molar-refractivity contribution in [1.29, 1.82) is 0 Å². The van der Waals surface area contributed by atoms with E-state index in [0.29, 0.717) is 11.6 Å². The molecule has 0 saturated carbocycles. The summed E-state index contributed by atoms with van der Waals surface area (Å²) in [6, 6.07) is 3.32. The highest BCUT2D eigenvalue weighted by Gasteiger charge is 2.14. The van der Waals surface area contributed by atoms with Crippen LogP contribution in [0.15, 0.2) is 24.5 Å². The molecule has 0 spiro atoms. The molecular weight excluding hydrogens is 236 g/mol. The van der Waals surface area contributed by atoms with E-state index in [0.717, 1.165) is 0 Å². The van der Waals surface area contributed by atoms with E-state index in [1.807, 2.05) is 0 Å². The van der Waals surface area contributed by atoms with E-state index in [9.17, 15) is 8.42 Å². The molecule has 1 aromatic rings. The second kappa shape index (κ2) is 5.32. The van der Waals surface area contributed by atoms with Crippen LogP contribution in [-0.2, 0) is 10.0 Å². The first kappa shape index (κ1) is 12.3. The molecule has 0 aliphatic rings. The number of alkyl halides is 1. The number of anilines is 1. The average Bonchev–Trinajstić information content (AvgIpc) is 2.17. The molecule has 6 heteroatoms. The minimum Gasteiger partial charge on any atom is -0.282 e. The predicted octanol–water partition coefficient (Wildman–Crippen LogP) is 1.70. The number of aromatic nitrogens is 1. The Balaban J connectivity index is 2.65. The third-order valence-corrected chi connectivity index (χ3v) is 3.78. The SMILES string of the molecule is CC(CCl)CS(=O)(=O)Nc1cccnc1. The highest BCUT2D eigenvalue weighted by Crippen LogP contribution is 2.09. The van der Waals surface area contributed by atoms with Gasteiger partial charge in [0.2, 0.25) is 10.0 Å². The third kappa shape index (κ3) is 4.48. The zero-order valence-corrected chi connectivity index (χ0v) is 9.92. The van der Waals surface area contributed by atoms with Crippen LogP contribution in [0.1, 0.15) is 6.92 Å². The van der Waals surface area contributed by atoms with Crippen molar-refractivity contribution >= 4 is 27.3 Å². The van der Waals surface area contributed by atoms with Gasteiger partial charge in [-0.15, -0.1) is 11.6 Å². The van der Waals surface area contributed by atoms with Crippen LogP contribution in [0.25, 0.3) is 0 Å². The van der Waals surface area contributed by atoms with E-state index in [-0.39, 0.29) is 11.7 Å². The lowest BCUT2D eigenvalue weighted by atomic mass is 10.3. The summed E-state index contributed by atoms with van der Waals surface area (Å²) in [7, 11) is -3.32. The van der Waals surface area contributed by atoms with E-state index < -0.39 is 10.0 Å². The van der Waals surface area contributed by atoms with Crippen LogP contribution >= 0.6 is 11.6 Å². The maximum atomic E-state index is 11.6. The molecule has 1 aromatic heterocycles. The first-order valence-corrected chi connectivity index (χ1v) is 6.68. The standard InChI is InChI=1S/C9H13ClN2O2S/c1-8(5-10)7-15(13,14)12-9-3-2-4-11-6-9/h2-4,6,8,12H,5,7H2,1H3. The van der Waals surface area contributed by atoms with Gasteiger partial charge >= 0.3 is 0 Å². The first-order valence-electron chi connectivity index (χ1n) is 4.50. The zero-order chi connectivity index (χ0) is 11.3. The normalized spacial score (nSPS) is 13.5. The fourth-order valence-electron chi connectivity index (χ4n) is 1.06. The van der Waals surface area contributed by atoms with Crippen molar-refractivity contribution in [3.63, 3.8) is 0 Å². The summed E-state index contributed by atoms with van der Waals surface area (Å²) >= 11 is 5.56. The highest BCUT2D eigenvalue weighted by atomic mass is 35.5. The number of sulfonamides is 1. The van der Waals surface area contributed by atoms with Crippen LogP contribution in [0.3, 0.4) is 0 Å². The van der Waals surface area contributed by atoms with Gasteiger partial charge in [0.15, 0.2) is 0 Å². The smallest absolute Gasteiger partial charge is 0.233 e. The summed E-state index contributed by atoms with van der Waals surface area (Å²) < 4.78 is 25.6. The second-order valence-electron chi connectivity index (χ2n) is 3.38. The van der Waals surface area contributed by atoms with Crippen molar-refractivity contribution in [3.05, 3.63) is 24.5 Å². The van der Waals surface area contributed by atoms with Gasteiger partial charge in [0.25, 0.3) is 0 Å². The Morgan fingerprint density at radius 2 is 2.33 bits per heavy atom. The highest BCUT2D eigenvalue weighted by molar-refractivity contribution is 7.92. The quantitative estimate of drug-likeness (QED) is 0.807. The maximum Gasteiger partial charge on any atom is 0.233 e. The summed E-state index contributed by atoms with van der Waals surface area (Å²) in [4.78, 5) is 3.82. The molecule has 4 nitrogen and oxygen atoms in total. The minimum absolute atomic E-state index is 0.0192. The van der Waals surface area contributed by atoms with Crippen LogP contribution in [0.5, 0.6) is 0 Å². The summed E-state index contributed by atoms with van der Waals surface area (Å²) in [5.74, 6) is 0.278. The Kier molecular flexibility index (Phi) is 4.35. The molecule has 1 heterocycles. The van der Waals surface area contributed by atoms with Gasteiger partial charge in [-0.05, 0) is 18.1 Å². The summed E-state index contributed by atoms with van der Waals surface area (Å²) in [6.07, 6.45) is 3.04. The van der Waals surface area contributed by atoms with Crippen LogP contribution < -0.4 is 4.72 Å². The van der Waals surface area contributed by atoms with E-state index in [1.54, 1.807) is 25.3 Å². The minimum atomic E-state index is -3.32. The Morgan fingerprint density at radius 3 is 2.87 bits per heavy atom. The lowest BCUT2D eigenvalue weighted by Crippen LogP contribution is -2.22. The molecular formula is C9H13ClN2O2S. The van der Waals surface area contributed by atoms with Crippen LogP contribution in [0.2, 0.25) is 0 Å². The largest absolute Gasteiger partial charge is 0.282 e. The molecule has 1 unspecified atom stereocenters. The molecule has 1 rings (SSSR count). The third-order valence-electron chi connectivity index (χ3n) is 1.70. The Labute approximate surface area is 94.7 Å². The van der Waals surface area contributed by atoms with Crippen LogP contribution in [0, 0.1) is 5.92 Å². The molecule has 0 aliphatic carbocycles. The summed E-state index contributed by atoms with van der Waals surface area (Å²) in [5.41, 5.74) is 0.472. The van der Waals surface area contributed by atoms with Gasteiger partial charge in [-0.25, -0.2) is 8.42 Å². The van der Waals surface area contributed by atoms with Crippen molar-refractivity contribution in [2.24, 2.45) is 5.92 Å². The maximum absolute atomic E-state index is 11.6. The predicted molar refractivity (Wildman–Crippen MR) is 61.5 cm³/mol. The van der Waals surface area contributed by atoms with E-state index >= 15 is 0 Å². The Hall–Kier alpha value is -0.810. The van der Waals surface area contributed by atoms with Crippen molar-refractivity contribution < 1.29 is 8.42 Å². The molecule has 0 amide bonds. The fourth-order valence-corrected chi connectivity index (χ4v) is 2.73. The molecule has 1 N–H and O–H groups in total. The van der Waals surface area contributed by atoms with Crippen molar-refractivity contribution in [1.82, 2.24) is 4.98 Å². The van der Waals surface area contributed by atoms with Crippen molar-refractivity contribution in [2.45, 2.75) is 6.92 Å². The topological polar surface area (TPSA) is 59.1 Å². The van der Waals surface area contributed by atoms with Gasteiger partial charge in [-0.3, -0.25) is 9.71 Å². The monoisotopic (exact) mass is 248 g/mol. The number of rotatable bonds is 5. The van der Waals surface area contributed by atoms with E-state index in [4.69, 9.17) is 11.6 Å². The fraction of sp³-hybridized carbons (Fsp3) is 0.444. The van der Waals surface area contributed by atoms with Gasteiger partial charge < -0.3 is 0 Å². The first-order chi connectivity index (χ1) is 7.03. The molecule has 0 aromatic carbocycles. The van der Waals surface area contributed by atoms with Gasteiger partial charge in [-0.2, -0.15) is 0 Å². The van der Waals surface area contributed by atoms with E-state index in [2.05, 4.69) is 9.71 Å². The lowest BCUT2D eigenvalue weighted by Gasteiger charge is -2.10. The Morgan fingerprint density at radius 1 is 1.60 bits per heavy atom. The second-order valence-corrected chi connectivity index (χ2v) is 5.46. The molecule has 0 aliphatic heterocycles. The summed E-state index contributed by atoms with van der Waals surface area (Å²) in [6.45, 7) is 1.79. The number of hydrogen-bond donors (Lipinski definition) is 1. The van der Waals surface area contributed by atoms with Crippen LogP contribution in [-0.4, -0.2) is 25.0 Å². The number of nitrogens with zero attached hydrogens (tertiary/aromatic N) is 1. The lowest BCUT2D eigenvalue weighted by molar-refractivity contribution is 0.588. The number of halogens is 1. The van der Waals surface area contributed by atoms with Gasteiger partial charge in [0.05, 0.1) is 17.6 Å². The Bertz CT molecular complexity index is 394. The van der Waals surface area contributed by atoms with Gasteiger partial charge in [0, 0.05) is 12.1 Å². The van der Waals surface area contributed by atoms with Crippen LogP contribution in [0.4, 0.5) is 5.69 Å². The zero-order valence-electron chi connectivity index (χ0n) is 8.35. The van der Waals surface area contributed by atoms with Gasteiger partial charge in [0.1, 0.15) is 0 Å². The van der Waals surface area contributed by atoms with Gasteiger partial charge in [-0.1, -0.05) is 6.92 Å². The molecule has 0 radical (unpaired) electrons. The molecule has 0 bridgehead atoms. The number of nitrogens with one attached hydrogen (secondary N) is 1. The molecule has 84 valence electrons. The average molecular weight is 249 g/mol. The number of hydrogen-bond acceptors (Lipinski definition) is 3. The van der Waals surface area contributed by atoms with Crippen molar-refractivity contribution in [3.8, 4) is 0 Å². The summed E-state index contributed by atoms with van der Waals surface area (Å²) in [5, 5.41) is 0. The number of pyridine rings is 1. The molecule has 1 atom stereocenters. The van der Waals surface area contributed by atoms with E-state index in [1.165, 1.54) is 6.20 Å².